The summed E-state index contributed by atoms with van der Waals surface area (Å²) in [4.78, 5) is 20.3. The molecule has 0 spiro atoms. The summed E-state index contributed by atoms with van der Waals surface area (Å²) in [6.07, 6.45) is 1.23. The molecule has 1 aromatic carbocycles. The van der Waals surface area contributed by atoms with Gasteiger partial charge in [-0.15, -0.1) is 11.3 Å². The number of hydrogen-bond acceptors (Lipinski definition) is 7. The number of halogens is 2. The molecule has 0 atom stereocenters. The van der Waals surface area contributed by atoms with E-state index in [2.05, 4.69) is 20.0 Å². The van der Waals surface area contributed by atoms with Crippen molar-refractivity contribution in [3.8, 4) is 0 Å². The average Bonchev–Trinajstić information content (AvgIpc) is 3.03. The topological polar surface area (TPSA) is 92.9 Å². The van der Waals surface area contributed by atoms with Gasteiger partial charge in [0.15, 0.2) is 5.82 Å². The Balaban J connectivity index is 1.93. The Labute approximate surface area is 150 Å². The predicted molar refractivity (Wildman–Crippen MR) is 97.9 cm³/mol. The Hall–Kier alpha value is -2.46. The van der Waals surface area contributed by atoms with Gasteiger partial charge < -0.3 is 15.8 Å². The molecular weight excluding hydrogens is 368 g/mol. The number of carbonyl (C=O) groups is 1. The van der Waals surface area contributed by atoms with E-state index in [4.69, 9.17) is 5.73 Å². The quantitative estimate of drug-likeness (QED) is 0.581. The monoisotopic (exact) mass is 381 g/mol. The zero-order valence-electron chi connectivity index (χ0n) is 13.0. The predicted octanol–water partition coefficient (Wildman–Crippen LogP) is 3.88. The molecule has 0 fully saturated rings. The van der Waals surface area contributed by atoms with Crippen molar-refractivity contribution in [1.29, 1.82) is 0 Å². The standard InChI is InChI=1S/C15H13F2N5OS2/c1-2-25-22-9-4-3-8(16)12(10(9)17)21-15(23)7-5-24-13-11(7)19-6-20-14(13)18/h3-6,22H,2H2,1H3,(H,21,23)(H2,18,19,20). The van der Waals surface area contributed by atoms with Crippen LogP contribution in [0.15, 0.2) is 23.8 Å². The van der Waals surface area contributed by atoms with Gasteiger partial charge in [0.1, 0.15) is 23.6 Å². The van der Waals surface area contributed by atoms with Gasteiger partial charge in [-0.25, -0.2) is 18.7 Å². The minimum atomic E-state index is -0.872. The molecule has 0 aliphatic carbocycles. The number of carbonyl (C=O) groups excluding carboxylic acids is 1. The molecule has 0 aliphatic rings. The van der Waals surface area contributed by atoms with E-state index in [1.165, 1.54) is 41.1 Å². The molecule has 25 heavy (non-hydrogen) atoms. The smallest absolute Gasteiger partial charge is 0.258 e. The van der Waals surface area contributed by atoms with Crippen LogP contribution in [0.2, 0.25) is 0 Å². The fraction of sp³-hybridized carbons (Fsp3) is 0.133. The maximum atomic E-state index is 14.5. The van der Waals surface area contributed by atoms with Gasteiger partial charge in [0.2, 0.25) is 0 Å². The minimum absolute atomic E-state index is 0.0882. The van der Waals surface area contributed by atoms with Crippen molar-refractivity contribution in [2.45, 2.75) is 6.92 Å². The number of nitrogens with one attached hydrogen (secondary N) is 2. The molecule has 130 valence electrons. The van der Waals surface area contributed by atoms with E-state index >= 15 is 0 Å². The summed E-state index contributed by atoms with van der Waals surface area (Å²) in [5.74, 6) is -1.48. The maximum absolute atomic E-state index is 14.5. The molecule has 4 N–H and O–H groups in total. The van der Waals surface area contributed by atoms with Crippen LogP contribution in [0.4, 0.5) is 26.0 Å². The first-order valence-corrected chi connectivity index (χ1v) is 9.04. The molecular formula is C15H13F2N5OS2. The van der Waals surface area contributed by atoms with Crippen molar-refractivity contribution in [2.75, 3.05) is 21.5 Å². The zero-order chi connectivity index (χ0) is 18.0. The Kier molecular flexibility index (Phi) is 5.00. The summed E-state index contributed by atoms with van der Waals surface area (Å²) in [6.45, 7) is 1.89. The molecule has 0 radical (unpaired) electrons. The van der Waals surface area contributed by atoms with Crippen LogP contribution in [-0.4, -0.2) is 21.6 Å². The molecule has 3 aromatic rings. The molecule has 2 heterocycles. The molecule has 0 bridgehead atoms. The number of fused-ring (bicyclic) bond motifs is 1. The van der Waals surface area contributed by atoms with Gasteiger partial charge in [-0.05, 0) is 12.1 Å². The largest absolute Gasteiger partial charge is 0.382 e. The molecule has 1 amide bonds. The van der Waals surface area contributed by atoms with Crippen LogP contribution < -0.4 is 15.8 Å². The summed E-state index contributed by atoms with van der Waals surface area (Å²) >= 11 is 2.44. The van der Waals surface area contributed by atoms with Gasteiger partial charge in [-0.1, -0.05) is 18.9 Å². The Morgan fingerprint density at radius 1 is 1.36 bits per heavy atom. The first kappa shape index (κ1) is 17.4. The van der Waals surface area contributed by atoms with Gasteiger partial charge in [0.05, 0.1) is 21.5 Å². The van der Waals surface area contributed by atoms with Gasteiger partial charge >= 0.3 is 0 Å². The number of hydrogen-bond donors (Lipinski definition) is 3. The highest BCUT2D eigenvalue weighted by atomic mass is 32.2. The lowest BCUT2D eigenvalue weighted by Gasteiger charge is -2.11. The van der Waals surface area contributed by atoms with Gasteiger partial charge in [0, 0.05) is 11.1 Å². The summed E-state index contributed by atoms with van der Waals surface area (Å²) in [6, 6.07) is 2.36. The van der Waals surface area contributed by atoms with E-state index in [-0.39, 0.29) is 17.1 Å². The number of anilines is 3. The second kappa shape index (κ2) is 7.19. The van der Waals surface area contributed by atoms with Crippen molar-refractivity contribution in [3.63, 3.8) is 0 Å². The second-order valence-electron chi connectivity index (χ2n) is 4.86. The van der Waals surface area contributed by atoms with Crippen molar-refractivity contribution in [1.82, 2.24) is 9.97 Å². The van der Waals surface area contributed by atoms with E-state index in [1.807, 2.05) is 6.92 Å². The van der Waals surface area contributed by atoms with Crippen LogP contribution in [-0.2, 0) is 0 Å². The third-order valence-electron chi connectivity index (χ3n) is 3.28. The third kappa shape index (κ3) is 3.35. The van der Waals surface area contributed by atoms with Crippen LogP contribution in [0.5, 0.6) is 0 Å². The van der Waals surface area contributed by atoms with Crippen LogP contribution in [0.3, 0.4) is 0 Å². The van der Waals surface area contributed by atoms with Crippen LogP contribution in [0.25, 0.3) is 10.2 Å². The number of nitrogens with two attached hydrogens (primary N) is 1. The average molecular weight is 381 g/mol. The van der Waals surface area contributed by atoms with Crippen LogP contribution in [0.1, 0.15) is 17.3 Å². The molecule has 0 unspecified atom stereocenters. The van der Waals surface area contributed by atoms with E-state index in [0.717, 1.165) is 6.07 Å². The molecule has 0 saturated heterocycles. The van der Waals surface area contributed by atoms with Crippen molar-refractivity contribution < 1.29 is 13.6 Å². The Bertz CT molecular complexity index is 947. The third-order valence-corrected chi connectivity index (χ3v) is 4.93. The van der Waals surface area contributed by atoms with E-state index in [0.29, 0.717) is 16.0 Å². The maximum Gasteiger partial charge on any atom is 0.258 e. The highest BCUT2D eigenvalue weighted by Crippen LogP contribution is 2.31. The van der Waals surface area contributed by atoms with Crippen molar-refractivity contribution >= 4 is 56.6 Å². The van der Waals surface area contributed by atoms with E-state index in [1.54, 1.807) is 0 Å². The second-order valence-corrected chi connectivity index (χ2v) is 6.81. The lowest BCUT2D eigenvalue weighted by molar-refractivity contribution is 0.102. The number of benzene rings is 1. The lowest BCUT2D eigenvalue weighted by Crippen LogP contribution is -2.15. The van der Waals surface area contributed by atoms with E-state index < -0.39 is 23.2 Å². The Morgan fingerprint density at radius 2 is 2.16 bits per heavy atom. The number of nitrogens with zero attached hydrogens (tertiary/aromatic N) is 2. The number of thiophene rings is 1. The van der Waals surface area contributed by atoms with Gasteiger partial charge in [-0.2, -0.15) is 0 Å². The number of rotatable bonds is 5. The number of nitrogen functional groups attached to an aromatic ring is 1. The minimum Gasteiger partial charge on any atom is -0.382 e. The molecule has 2 aromatic heterocycles. The van der Waals surface area contributed by atoms with Crippen molar-refractivity contribution in [2.24, 2.45) is 0 Å². The molecule has 10 heteroatoms. The molecule has 0 saturated carbocycles. The van der Waals surface area contributed by atoms with E-state index in [9.17, 15) is 13.6 Å². The van der Waals surface area contributed by atoms with Gasteiger partial charge in [-0.3, -0.25) is 4.79 Å². The molecule has 6 nitrogen and oxygen atoms in total. The fourth-order valence-electron chi connectivity index (χ4n) is 2.11. The highest BCUT2D eigenvalue weighted by molar-refractivity contribution is 8.00. The summed E-state index contributed by atoms with van der Waals surface area (Å²) in [5.41, 5.74) is 5.82. The molecule has 0 aliphatic heterocycles. The van der Waals surface area contributed by atoms with Crippen LogP contribution >= 0.6 is 23.3 Å². The SMILES string of the molecule is CCSNc1ccc(F)c(NC(=O)c2csc3c(N)ncnc23)c1F. The van der Waals surface area contributed by atoms with Crippen molar-refractivity contribution in [3.05, 3.63) is 41.0 Å². The zero-order valence-corrected chi connectivity index (χ0v) is 14.6. The van der Waals surface area contributed by atoms with Crippen LogP contribution in [0, 0.1) is 11.6 Å². The summed E-state index contributed by atoms with van der Waals surface area (Å²) in [5, 5.41) is 3.80. The number of aromatic nitrogens is 2. The molecule has 3 rings (SSSR count). The number of amides is 1. The lowest BCUT2D eigenvalue weighted by atomic mass is 10.2. The summed E-state index contributed by atoms with van der Waals surface area (Å²) in [7, 11) is 0. The normalized spacial score (nSPS) is 10.8. The first-order chi connectivity index (χ1) is 12.0. The Morgan fingerprint density at radius 3 is 2.92 bits per heavy atom. The summed E-state index contributed by atoms with van der Waals surface area (Å²) < 4.78 is 31.8. The fourth-order valence-corrected chi connectivity index (χ4v) is 3.47. The first-order valence-electron chi connectivity index (χ1n) is 7.17. The van der Waals surface area contributed by atoms with Gasteiger partial charge in [0.25, 0.3) is 5.91 Å². The highest BCUT2D eigenvalue weighted by Gasteiger charge is 2.20.